The maximum atomic E-state index is 15.4. The first-order valence-corrected chi connectivity index (χ1v) is 10.2. The number of benzene rings is 3. The van der Waals surface area contributed by atoms with Gasteiger partial charge in [0.05, 0.1) is 26.3 Å². The summed E-state index contributed by atoms with van der Waals surface area (Å²) >= 11 is 0. The predicted octanol–water partition coefficient (Wildman–Crippen LogP) is 4.71. The average molecular weight is 450 g/mol. The highest BCUT2D eigenvalue weighted by atomic mass is 19.1. The quantitative estimate of drug-likeness (QED) is 0.392. The summed E-state index contributed by atoms with van der Waals surface area (Å²) in [5.41, 5.74) is 0.988. The molecule has 1 N–H and O–H groups in total. The van der Waals surface area contributed by atoms with Gasteiger partial charge in [-0.2, -0.15) is 0 Å². The predicted molar refractivity (Wildman–Crippen MR) is 123 cm³/mol. The number of hydrogen-bond donors (Lipinski definition) is 1. The molecule has 4 aromatic rings. The Kier molecular flexibility index (Phi) is 6.55. The van der Waals surface area contributed by atoms with Gasteiger partial charge in [0.15, 0.2) is 23.1 Å². The van der Waals surface area contributed by atoms with Crippen LogP contribution in [0.15, 0.2) is 54.7 Å². The minimum Gasteiger partial charge on any atom is -0.493 e. The van der Waals surface area contributed by atoms with Gasteiger partial charge in [-0.05, 0) is 35.7 Å². The van der Waals surface area contributed by atoms with E-state index >= 15 is 4.39 Å². The molecule has 0 aliphatic heterocycles. The van der Waals surface area contributed by atoms with Crippen molar-refractivity contribution in [2.45, 2.75) is 0 Å². The van der Waals surface area contributed by atoms with Crippen molar-refractivity contribution in [1.29, 1.82) is 0 Å². The molecule has 0 spiro atoms. The molecule has 0 saturated heterocycles. The largest absolute Gasteiger partial charge is 0.493 e. The Morgan fingerprint density at radius 1 is 0.909 bits per heavy atom. The summed E-state index contributed by atoms with van der Waals surface area (Å²) in [5.74, 6) is 0.611. The molecule has 1 amide bonds. The second-order valence-corrected chi connectivity index (χ2v) is 7.16. The van der Waals surface area contributed by atoms with Gasteiger partial charge in [-0.25, -0.2) is 4.39 Å². The van der Waals surface area contributed by atoms with Crippen molar-refractivity contribution < 1.29 is 28.1 Å². The molecule has 0 saturated carbocycles. The Bertz CT molecular complexity index is 1330. The Balaban J connectivity index is 1.72. The maximum absolute atomic E-state index is 15.4. The van der Waals surface area contributed by atoms with Crippen LogP contribution in [0.25, 0.3) is 21.7 Å². The van der Waals surface area contributed by atoms with Crippen molar-refractivity contribution in [2.24, 2.45) is 0 Å². The maximum Gasteiger partial charge on any atom is 0.251 e. The fraction of sp³-hybridized carbons (Fsp3) is 0.200. The molecular weight excluding hydrogens is 427 g/mol. The van der Waals surface area contributed by atoms with Crippen molar-refractivity contribution in [3.8, 4) is 23.0 Å². The third kappa shape index (κ3) is 4.38. The van der Waals surface area contributed by atoms with E-state index in [0.717, 1.165) is 0 Å². The third-order valence-corrected chi connectivity index (χ3v) is 5.22. The minimum absolute atomic E-state index is 0.0294. The SMILES string of the molecule is COCCNC(=O)c1cccc2c(F)c(Oc3ccnc4cc(OC)c(OC)cc34)ccc12. The summed E-state index contributed by atoms with van der Waals surface area (Å²) in [6.45, 7) is 0.748. The van der Waals surface area contributed by atoms with Crippen molar-refractivity contribution in [2.75, 3.05) is 34.5 Å². The first-order valence-electron chi connectivity index (χ1n) is 10.2. The molecule has 1 aromatic heterocycles. The lowest BCUT2D eigenvalue weighted by Gasteiger charge is -2.14. The van der Waals surface area contributed by atoms with E-state index in [-0.39, 0.29) is 17.0 Å². The van der Waals surface area contributed by atoms with Crippen LogP contribution in [0.1, 0.15) is 10.4 Å². The van der Waals surface area contributed by atoms with Crippen LogP contribution in [0.4, 0.5) is 4.39 Å². The zero-order valence-electron chi connectivity index (χ0n) is 18.5. The van der Waals surface area contributed by atoms with Gasteiger partial charge in [0.25, 0.3) is 5.91 Å². The van der Waals surface area contributed by atoms with Crippen molar-refractivity contribution >= 4 is 27.6 Å². The second kappa shape index (κ2) is 9.70. The Morgan fingerprint density at radius 3 is 2.45 bits per heavy atom. The summed E-state index contributed by atoms with van der Waals surface area (Å²) in [5, 5.41) is 4.17. The van der Waals surface area contributed by atoms with Gasteiger partial charge in [-0.3, -0.25) is 9.78 Å². The number of ether oxygens (including phenoxy) is 4. The average Bonchev–Trinajstić information content (AvgIpc) is 2.84. The lowest BCUT2D eigenvalue weighted by molar-refractivity contribution is 0.0938. The number of nitrogens with one attached hydrogen (secondary N) is 1. The van der Waals surface area contributed by atoms with Crippen LogP contribution in [0, 0.1) is 5.82 Å². The Labute approximate surface area is 190 Å². The van der Waals surface area contributed by atoms with Crippen LogP contribution in [-0.4, -0.2) is 45.4 Å². The number of nitrogens with zero attached hydrogens (tertiary/aromatic N) is 1. The first-order chi connectivity index (χ1) is 16.1. The number of carbonyl (C=O) groups excluding carboxylic acids is 1. The molecule has 8 heteroatoms. The molecule has 0 aliphatic carbocycles. The fourth-order valence-corrected chi connectivity index (χ4v) is 3.59. The number of fused-ring (bicyclic) bond motifs is 2. The first kappa shape index (κ1) is 22.3. The monoisotopic (exact) mass is 450 g/mol. The number of rotatable bonds is 8. The van der Waals surface area contributed by atoms with E-state index < -0.39 is 5.82 Å². The molecule has 170 valence electrons. The number of halogens is 1. The van der Waals surface area contributed by atoms with Crippen LogP contribution in [0.5, 0.6) is 23.0 Å². The van der Waals surface area contributed by atoms with Gasteiger partial charge >= 0.3 is 0 Å². The Hall–Kier alpha value is -3.91. The minimum atomic E-state index is -0.565. The number of methoxy groups -OCH3 is 3. The topological polar surface area (TPSA) is 78.9 Å². The summed E-state index contributed by atoms with van der Waals surface area (Å²) in [4.78, 5) is 16.9. The summed E-state index contributed by atoms with van der Waals surface area (Å²) in [6.07, 6.45) is 1.57. The van der Waals surface area contributed by atoms with E-state index in [2.05, 4.69) is 10.3 Å². The van der Waals surface area contributed by atoms with Gasteiger partial charge in [0, 0.05) is 42.3 Å². The van der Waals surface area contributed by atoms with Crippen LogP contribution in [-0.2, 0) is 4.74 Å². The molecule has 3 aromatic carbocycles. The lowest BCUT2D eigenvalue weighted by atomic mass is 10.0. The van der Waals surface area contributed by atoms with E-state index in [1.54, 1.807) is 62.9 Å². The number of amides is 1. The second-order valence-electron chi connectivity index (χ2n) is 7.16. The summed E-state index contributed by atoms with van der Waals surface area (Å²) in [7, 11) is 4.63. The highest BCUT2D eigenvalue weighted by Gasteiger charge is 2.17. The van der Waals surface area contributed by atoms with Crippen molar-refractivity contribution in [1.82, 2.24) is 10.3 Å². The molecule has 0 aliphatic rings. The smallest absolute Gasteiger partial charge is 0.251 e. The molecule has 0 unspecified atom stereocenters. The van der Waals surface area contributed by atoms with Gasteiger partial charge in [0.2, 0.25) is 0 Å². The van der Waals surface area contributed by atoms with E-state index in [9.17, 15) is 4.79 Å². The fourth-order valence-electron chi connectivity index (χ4n) is 3.59. The van der Waals surface area contributed by atoms with E-state index in [0.29, 0.717) is 52.3 Å². The summed E-state index contributed by atoms with van der Waals surface area (Å²) < 4.78 is 37.0. The lowest BCUT2D eigenvalue weighted by Crippen LogP contribution is -2.27. The molecule has 0 fully saturated rings. The molecule has 0 bridgehead atoms. The van der Waals surface area contributed by atoms with Gasteiger partial charge < -0.3 is 24.3 Å². The third-order valence-electron chi connectivity index (χ3n) is 5.22. The van der Waals surface area contributed by atoms with Crippen LogP contribution >= 0.6 is 0 Å². The zero-order valence-corrected chi connectivity index (χ0v) is 18.5. The highest BCUT2D eigenvalue weighted by Crippen LogP contribution is 2.38. The molecule has 4 rings (SSSR count). The molecular formula is C25H23FN2O5. The van der Waals surface area contributed by atoms with Crippen LogP contribution in [0.3, 0.4) is 0 Å². The molecule has 1 heterocycles. The number of carbonyl (C=O) groups is 1. The van der Waals surface area contributed by atoms with Crippen LogP contribution < -0.4 is 19.5 Å². The molecule has 7 nitrogen and oxygen atoms in total. The normalized spacial score (nSPS) is 10.9. The molecule has 0 radical (unpaired) electrons. The van der Waals surface area contributed by atoms with Gasteiger partial charge in [0.1, 0.15) is 5.75 Å². The summed E-state index contributed by atoms with van der Waals surface area (Å²) in [6, 6.07) is 13.2. The van der Waals surface area contributed by atoms with E-state index in [1.807, 2.05) is 0 Å². The Morgan fingerprint density at radius 2 is 1.70 bits per heavy atom. The molecule has 0 atom stereocenters. The van der Waals surface area contributed by atoms with Crippen molar-refractivity contribution in [3.63, 3.8) is 0 Å². The van der Waals surface area contributed by atoms with Crippen LogP contribution in [0.2, 0.25) is 0 Å². The van der Waals surface area contributed by atoms with E-state index in [1.165, 1.54) is 13.2 Å². The zero-order chi connectivity index (χ0) is 23.4. The van der Waals surface area contributed by atoms with Crippen molar-refractivity contribution in [3.05, 3.63) is 66.1 Å². The van der Waals surface area contributed by atoms with Gasteiger partial charge in [-0.1, -0.05) is 12.1 Å². The number of pyridine rings is 1. The number of aromatic nitrogens is 1. The van der Waals surface area contributed by atoms with Gasteiger partial charge in [-0.15, -0.1) is 0 Å². The highest BCUT2D eigenvalue weighted by molar-refractivity contribution is 6.07. The molecule has 33 heavy (non-hydrogen) atoms. The standard InChI is InChI=1S/C25H23FN2O5/c1-30-12-11-28-25(29)17-6-4-5-16-15(17)7-8-21(24(16)26)33-20-9-10-27-19-14-23(32-3)22(31-2)13-18(19)20/h4-10,13-14H,11-12H2,1-3H3,(H,28,29). The number of hydrogen-bond acceptors (Lipinski definition) is 6. The van der Waals surface area contributed by atoms with E-state index in [4.69, 9.17) is 18.9 Å².